The molecule has 7 rings (SSSR count). The lowest BCUT2D eigenvalue weighted by Gasteiger charge is -2.39. The Morgan fingerprint density at radius 3 is 2.56 bits per heavy atom. The van der Waals surface area contributed by atoms with Gasteiger partial charge in [0.25, 0.3) is 11.5 Å². The maximum atomic E-state index is 14.4. The molecule has 1 aromatic carbocycles. The summed E-state index contributed by atoms with van der Waals surface area (Å²) in [4.78, 5) is 60.4. The first kappa shape index (κ1) is 33.6. The van der Waals surface area contributed by atoms with Gasteiger partial charge in [-0.15, -0.1) is 16.4 Å². The predicted octanol–water partition coefficient (Wildman–Crippen LogP) is 5.12. The minimum Gasteiger partial charge on any atom is -0.504 e. The molecule has 1 fully saturated rings. The van der Waals surface area contributed by atoms with E-state index in [1.165, 1.54) is 22.2 Å². The first-order valence-corrected chi connectivity index (χ1v) is 16.8. The number of thiazole rings is 1. The molecule has 4 aromatic heterocycles. The number of hydrogen-bond donors (Lipinski definition) is 2. The third-order valence-electron chi connectivity index (χ3n) is 9.41. The molecule has 260 valence electrons. The Kier molecular flexibility index (Phi) is 8.16. The van der Waals surface area contributed by atoms with Gasteiger partial charge in [-0.1, -0.05) is 18.5 Å². The topological polar surface area (TPSA) is 160 Å². The second-order valence-electron chi connectivity index (χ2n) is 12.6. The van der Waals surface area contributed by atoms with Gasteiger partial charge in [0.1, 0.15) is 12.9 Å². The summed E-state index contributed by atoms with van der Waals surface area (Å²) in [5, 5.41) is 18.1. The Hall–Kier alpha value is -4.90. The number of carbonyl (C=O) groups is 2. The average Bonchev–Trinajstić information content (AvgIpc) is 3.77. The summed E-state index contributed by atoms with van der Waals surface area (Å²) in [6, 6.07) is 2.66. The molecule has 50 heavy (non-hydrogen) atoms. The van der Waals surface area contributed by atoms with Crippen LogP contribution in [0, 0.1) is 13.8 Å². The van der Waals surface area contributed by atoms with E-state index in [0.29, 0.717) is 35.4 Å². The molecule has 13 nitrogen and oxygen atoms in total. The van der Waals surface area contributed by atoms with Crippen LogP contribution >= 0.6 is 22.9 Å². The number of alkyl halides is 3. The minimum absolute atomic E-state index is 0.00727. The van der Waals surface area contributed by atoms with Gasteiger partial charge in [0, 0.05) is 36.0 Å². The monoisotopic (exact) mass is 727 g/mol. The number of aromatic nitrogens is 7. The van der Waals surface area contributed by atoms with E-state index in [0.717, 1.165) is 23.2 Å². The van der Waals surface area contributed by atoms with E-state index in [1.807, 2.05) is 13.8 Å². The number of likely N-dealkylation sites (tertiary alicyclic amines) is 1. The van der Waals surface area contributed by atoms with E-state index in [2.05, 4.69) is 30.4 Å². The molecule has 0 radical (unpaired) electrons. The van der Waals surface area contributed by atoms with Gasteiger partial charge in [-0.3, -0.25) is 14.4 Å². The summed E-state index contributed by atoms with van der Waals surface area (Å²) in [6.45, 7) is 5.56. The number of fused-ring (bicyclic) bond motifs is 3. The molecule has 2 amide bonds. The third-order valence-corrected chi connectivity index (χ3v) is 10.6. The van der Waals surface area contributed by atoms with Gasteiger partial charge in [-0.2, -0.15) is 22.7 Å². The lowest BCUT2D eigenvalue weighted by atomic mass is 9.73. The van der Waals surface area contributed by atoms with Gasteiger partial charge < -0.3 is 19.9 Å². The van der Waals surface area contributed by atoms with Crippen molar-refractivity contribution in [3.05, 3.63) is 79.3 Å². The first-order valence-electron chi connectivity index (χ1n) is 15.6. The second kappa shape index (κ2) is 12.2. The van der Waals surface area contributed by atoms with E-state index in [1.54, 1.807) is 22.6 Å². The molecule has 18 heteroatoms. The van der Waals surface area contributed by atoms with Crippen LogP contribution in [-0.2, 0) is 22.9 Å². The standard InChI is InChI=1S/C32H29ClF3N9O4S/c1-15-11-31(6-8-43(9-7-31)29(49)24-26(47)16(2)38-14-39-24)23-25(15)44(13-22(46)40-20-5-4-18(10-19(20)33)32(34,35)36)30-41-27(42-45(30)28(23)48)21-12-37-17(3)50-21/h4-5,10,12,14-15,47H,6-9,11,13H2,1-3H3,(H,40,46). The number of hydrogen-bond acceptors (Lipinski definition) is 10. The fourth-order valence-corrected chi connectivity index (χ4v) is 8.02. The molecule has 0 saturated carbocycles. The van der Waals surface area contributed by atoms with Gasteiger partial charge in [-0.05, 0) is 57.2 Å². The average molecular weight is 728 g/mol. The number of benzene rings is 1. The number of aryl methyl sites for hydroxylation is 2. The zero-order chi connectivity index (χ0) is 35.7. The van der Waals surface area contributed by atoms with Gasteiger partial charge in [0.2, 0.25) is 11.7 Å². The highest BCUT2D eigenvalue weighted by Gasteiger charge is 2.49. The molecule has 1 atom stereocenters. The van der Waals surface area contributed by atoms with Crippen molar-refractivity contribution in [3.63, 3.8) is 0 Å². The van der Waals surface area contributed by atoms with Crippen LogP contribution in [0.5, 0.6) is 5.75 Å². The number of nitrogens with one attached hydrogen (secondary N) is 1. The quantitative estimate of drug-likeness (QED) is 0.251. The highest BCUT2D eigenvalue weighted by molar-refractivity contribution is 7.14. The smallest absolute Gasteiger partial charge is 0.416 e. The van der Waals surface area contributed by atoms with Crippen molar-refractivity contribution in [3.8, 4) is 16.5 Å². The zero-order valence-corrected chi connectivity index (χ0v) is 28.4. The summed E-state index contributed by atoms with van der Waals surface area (Å²) < 4.78 is 42.5. The number of carbonyl (C=O) groups excluding carboxylic acids is 2. The summed E-state index contributed by atoms with van der Waals surface area (Å²) >= 11 is 7.47. The van der Waals surface area contributed by atoms with Crippen molar-refractivity contribution in [2.75, 3.05) is 18.4 Å². The number of nitrogens with zero attached hydrogens (tertiary/aromatic N) is 8. The molecular weight excluding hydrogens is 699 g/mol. The third kappa shape index (κ3) is 5.67. The Labute approximate surface area is 290 Å². The van der Waals surface area contributed by atoms with Crippen molar-refractivity contribution in [1.29, 1.82) is 0 Å². The Morgan fingerprint density at radius 1 is 1.16 bits per heavy atom. The van der Waals surface area contributed by atoms with Crippen LogP contribution in [0.4, 0.5) is 18.9 Å². The fourth-order valence-electron chi connectivity index (χ4n) is 7.08. The second-order valence-corrected chi connectivity index (χ2v) is 14.3. The number of rotatable bonds is 5. The van der Waals surface area contributed by atoms with Gasteiger partial charge in [0.15, 0.2) is 17.3 Å². The Balaban J connectivity index is 1.27. The maximum absolute atomic E-state index is 14.4. The molecule has 1 unspecified atom stereocenters. The molecule has 0 bridgehead atoms. The summed E-state index contributed by atoms with van der Waals surface area (Å²) in [5.74, 6) is -1.18. The molecule has 2 aliphatic rings. The van der Waals surface area contributed by atoms with Gasteiger partial charge in [-0.25, -0.2) is 15.0 Å². The Bertz CT molecular complexity index is 2260. The first-order chi connectivity index (χ1) is 23.7. The summed E-state index contributed by atoms with van der Waals surface area (Å²) in [5.41, 5.74) is -0.747. The zero-order valence-electron chi connectivity index (χ0n) is 26.9. The van der Waals surface area contributed by atoms with E-state index < -0.39 is 29.0 Å². The van der Waals surface area contributed by atoms with E-state index >= 15 is 0 Å². The van der Waals surface area contributed by atoms with E-state index in [-0.39, 0.29) is 70.6 Å². The molecule has 1 aliphatic carbocycles. The predicted molar refractivity (Wildman–Crippen MR) is 176 cm³/mol. The van der Waals surface area contributed by atoms with Crippen molar-refractivity contribution >= 4 is 46.2 Å². The number of amides is 2. The molecule has 1 aliphatic heterocycles. The molecule has 2 N–H and O–H groups in total. The fraction of sp³-hybridized carbons (Fsp3) is 0.375. The minimum atomic E-state index is -4.61. The van der Waals surface area contributed by atoms with E-state index in [4.69, 9.17) is 11.6 Å². The van der Waals surface area contributed by atoms with Gasteiger partial charge >= 0.3 is 6.18 Å². The van der Waals surface area contributed by atoms with Crippen LogP contribution in [0.1, 0.15) is 70.1 Å². The van der Waals surface area contributed by atoms with E-state index in [9.17, 15) is 32.7 Å². The highest BCUT2D eigenvalue weighted by atomic mass is 35.5. The normalized spacial score (nSPS) is 17.0. The molecule has 1 saturated heterocycles. The van der Waals surface area contributed by atoms with Crippen LogP contribution in [0.3, 0.4) is 0 Å². The highest BCUT2D eigenvalue weighted by Crippen LogP contribution is 2.50. The number of aromatic hydroxyl groups is 1. The summed E-state index contributed by atoms with van der Waals surface area (Å²) in [7, 11) is 0. The molecule has 5 aromatic rings. The van der Waals surface area contributed by atoms with Crippen molar-refractivity contribution in [2.45, 2.75) is 64.1 Å². The van der Waals surface area contributed by atoms with Gasteiger partial charge in [0.05, 0.1) is 31.9 Å². The molecule has 5 heterocycles. The SMILES string of the molecule is Cc1ncc(-c2nc3n(CC(=O)Nc4ccc(C(F)(F)F)cc4Cl)c4c(c(=O)n3n2)C2(CCN(C(=O)c3ncnc(C)c3O)CC2)CC4C)s1. The Morgan fingerprint density at radius 2 is 1.90 bits per heavy atom. The van der Waals surface area contributed by atoms with Crippen LogP contribution in [0.15, 0.2) is 35.5 Å². The van der Waals surface area contributed by atoms with Crippen LogP contribution in [-0.4, -0.2) is 69.0 Å². The molecular formula is C32H29ClF3N9O4S. The largest absolute Gasteiger partial charge is 0.504 e. The van der Waals surface area contributed by atoms with Crippen molar-refractivity contribution in [2.24, 2.45) is 0 Å². The number of anilines is 1. The van der Waals surface area contributed by atoms with Crippen LogP contribution < -0.4 is 10.9 Å². The lowest BCUT2D eigenvalue weighted by molar-refractivity contribution is -0.137. The maximum Gasteiger partial charge on any atom is 0.416 e. The van der Waals surface area contributed by atoms with Crippen molar-refractivity contribution < 1.29 is 27.9 Å². The van der Waals surface area contributed by atoms with Crippen molar-refractivity contribution in [1.82, 2.24) is 39.0 Å². The van der Waals surface area contributed by atoms with Crippen LogP contribution in [0.2, 0.25) is 5.02 Å². The molecule has 1 spiro atoms. The number of halogens is 4. The summed E-state index contributed by atoms with van der Waals surface area (Å²) in [6.07, 6.45) is -0.391. The van der Waals surface area contributed by atoms with Crippen LogP contribution in [0.25, 0.3) is 16.5 Å². The number of piperidine rings is 1. The lowest BCUT2D eigenvalue weighted by Crippen LogP contribution is -2.46.